The maximum Gasteiger partial charge on any atom is 0.222 e. The predicted octanol–water partition coefficient (Wildman–Crippen LogP) is 1.25. The number of likely N-dealkylation sites (tertiary alicyclic amines) is 1. The van der Waals surface area contributed by atoms with Gasteiger partial charge in [0.1, 0.15) is 0 Å². The molecule has 0 aromatic rings. The van der Waals surface area contributed by atoms with E-state index in [1.165, 1.54) is 5.57 Å². The van der Waals surface area contributed by atoms with E-state index in [0.717, 1.165) is 37.9 Å². The molecule has 0 atom stereocenters. The lowest BCUT2D eigenvalue weighted by Crippen LogP contribution is -2.27. The molecule has 1 aliphatic carbocycles. The van der Waals surface area contributed by atoms with Crippen LogP contribution in [0, 0.1) is 0 Å². The molecule has 1 saturated heterocycles. The number of carbonyl (C=O) groups is 1. The van der Waals surface area contributed by atoms with Crippen LogP contribution in [0.1, 0.15) is 25.7 Å². The van der Waals surface area contributed by atoms with Crippen molar-refractivity contribution in [1.82, 2.24) is 4.90 Å². The van der Waals surface area contributed by atoms with E-state index >= 15 is 0 Å². The zero-order chi connectivity index (χ0) is 10.7. The van der Waals surface area contributed by atoms with E-state index in [0.29, 0.717) is 6.42 Å². The van der Waals surface area contributed by atoms with Gasteiger partial charge < -0.3 is 10.0 Å². The molecule has 82 valence electrons. The van der Waals surface area contributed by atoms with Gasteiger partial charge in [0, 0.05) is 19.5 Å². The topological polar surface area (TPSA) is 40.5 Å². The first kappa shape index (κ1) is 10.4. The zero-order valence-electron chi connectivity index (χ0n) is 8.91. The molecule has 1 aliphatic heterocycles. The van der Waals surface area contributed by atoms with Gasteiger partial charge in [0.05, 0.1) is 6.61 Å². The molecule has 1 fully saturated rings. The Bertz CT molecular complexity index is 318. The summed E-state index contributed by atoms with van der Waals surface area (Å²) in [5.74, 6) is 0.285. The molecule has 3 heteroatoms. The van der Waals surface area contributed by atoms with Crippen molar-refractivity contribution in [3.05, 3.63) is 23.3 Å². The van der Waals surface area contributed by atoms with E-state index in [1.807, 2.05) is 11.0 Å². The van der Waals surface area contributed by atoms with Crippen molar-refractivity contribution in [2.45, 2.75) is 25.7 Å². The fourth-order valence-corrected chi connectivity index (χ4v) is 2.10. The van der Waals surface area contributed by atoms with Crippen LogP contribution in [-0.2, 0) is 4.79 Å². The minimum absolute atomic E-state index is 0.159. The average molecular weight is 207 g/mol. The molecule has 2 aliphatic rings. The van der Waals surface area contributed by atoms with Crippen molar-refractivity contribution >= 4 is 5.91 Å². The molecule has 0 unspecified atom stereocenters. The summed E-state index contributed by atoms with van der Waals surface area (Å²) in [4.78, 5) is 13.3. The summed E-state index contributed by atoms with van der Waals surface area (Å²) in [7, 11) is 0. The first-order valence-electron chi connectivity index (χ1n) is 5.55. The summed E-state index contributed by atoms with van der Waals surface area (Å²) in [5, 5.41) is 8.94. The molecule has 0 aromatic heterocycles. The highest BCUT2D eigenvalue weighted by Gasteiger charge is 2.21. The predicted molar refractivity (Wildman–Crippen MR) is 58.3 cm³/mol. The van der Waals surface area contributed by atoms with Crippen molar-refractivity contribution in [2.24, 2.45) is 0 Å². The lowest BCUT2D eigenvalue weighted by atomic mass is 9.98. The van der Waals surface area contributed by atoms with Crippen LogP contribution in [0.15, 0.2) is 23.3 Å². The Kier molecular flexibility index (Phi) is 3.21. The van der Waals surface area contributed by atoms with Crippen molar-refractivity contribution in [2.75, 3.05) is 19.7 Å². The SMILES string of the molecule is O=C1CCCN1CC1=CC=C(CO)CC1. The second-order valence-electron chi connectivity index (χ2n) is 4.23. The molecule has 15 heavy (non-hydrogen) atoms. The molecule has 2 rings (SSSR count). The summed E-state index contributed by atoms with van der Waals surface area (Å²) in [6.07, 6.45) is 7.68. The number of rotatable bonds is 3. The van der Waals surface area contributed by atoms with Gasteiger partial charge in [-0.25, -0.2) is 0 Å². The van der Waals surface area contributed by atoms with Gasteiger partial charge in [-0.3, -0.25) is 4.79 Å². The van der Waals surface area contributed by atoms with Crippen molar-refractivity contribution in [3.63, 3.8) is 0 Å². The van der Waals surface area contributed by atoms with Crippen LogP contribution in [0.4, 0.5) is 0 Å². The largest absolute Gasteiger partial charge is 0.392 e. The number of allylic oxidation sites excluding steroid dienone is 2. The highest BCUT2D eigenvalue weighted by atomic mass is 16.3. The molecule has 0 spiro atoms. The molecule has 0 saturated carbocycles. The van der Waals surface area contributed by atoms with Gasteiger partial charge in [-0.1, -0.05) is 17.7 Å². The molecule has 1 amide bonds. The van der Waals surface area contributed by atoms with Crippen molar-refractivity contribution < 1.29 is 9.90 Å². The van der Waals surface area contributed by atoms with Crippen LogP contribution >= 0.6 is 0 Å². The van der Waals surface area contributed by atoms with Gasteiger partial charge in [0.2, 0.25) is 5.91 Å². The Morgan fingerprint density at radius 1 is 1.20 bits per heavy atom. The van der Waals surface area contributed by atoms with E-state index in [4.69, 9.17) is 5.11 Å². The standard InChI is InChI=1S/C12H17NO2/c14-9-11-5-3-10(4-6-11)8-13-7-1-2-12(13)15/h3,5,14H,1-2,4,6-9H2. The summed E-state index contributed by atoms with van der Waals surface area (Å²) in [5.41, 5.74) is 2.40. The number of carbonyl (C=O) groups excluding carboxylic acids is 1. The van der Waals surface area contributed by atoms with Crippen LogP contribution in [-0.4, -0.2) is 35.6 Å². The number of nitrogens with zero attached hydrogens (tertiary/aromatic N) is 1. The Morgan fingerprint density at radius 2 is 1.93 bits per heavy atom. The summed E-state index contributed by atoms with van der Waals surface area (Å²) in [6.45, 7) is 1.85. The van der Waals surface area contributed by atoms with Crippen LogP contribution in [0.25, 0.3) is 0 Å². The molecule has 1 N–H and O–H groups in total. The van der Waals surface area contributed by atoms with Gasteiger partial charge >= 0.3 is 0 Å². The first-order chi connectivity index (χ1) is 7.29. The third-order valence-corrected chi connectivity index (χ3v) is 3.09. The van der Waals surface area contributed by atoms with E-state index in [-0.39, 0.29) is 12.5 Å². The smallest absolute Gasteiger partial charge is 0.222 e. The minimum Gasteiger partial charge on any atom is -0.392 e. The lowest BCUT2D eigenvalue weighted by molar-refractivity contribution is -0.127. The monoisotopic (exact) mass is 207 g/mol. The molecular formula is C12H17NO2. The van der Waals surface area contributed by atoms with Crippen LogP contribution < -0.4 is 0 Å². The molecule has 0 radical (unpaired) electrons. The number of hydrogen-bond donors (Lipinski definition) is 1. The fourth-order valence-electron chi connectivity index (χ4n) is 2.10. The summed E-state index contributed by atoms with van der Waals surface area (Å²) >= 11 is 0. The highest BCUT2D eigenvalue weighted by Crippen LogP contribution is 2.20. The zero-order valence-corrected chi connectivity index (χ0v) is 8.91. The van der Waals surface area contributed by atoms with Gasteiger partial charge in [0.25, 0.3) is 0 Å². The lowest BCUT2D eigenvalue weighted by Gasteiger charge is -2.20. The quantitative estimate of drug-likeness (QED) is 0.756. The fraction of sp³-hybridized carbons (Fsp3) is 0.583. The van der Waals surface area contributed by atoms with Crippen molar-refractivity contribution in [3.8, 4) is 0 Å². The van der Waals surface area contributed by atoms with Gasteiger partial charge in [-0.2, -0.15) is 0 Å². The summed E-state index contributed by atoms with van der Waals surface area (Å²) < 4.78 is 0. The third-order valence-electron chi connectivity index (χ3n) is 3.09. The van der Waals surface area contributed by atoms with Gasteiger partial charge in [-0.05, 0) is 24.8 Å². The second kappa shape index (κ2) is 4.62. The molecule has 3 nitrogen and oxygen atoms in total. The second-order valence-corrected chi connectivity index (χ2v) is 4.23. The number of aliphatic hydroxyl groups excluding tert-OH is 1. The van der Waals surface area contributed by atoms with Crippen molar-refractivity contribution in [1.29, 1.82) is 0 Å². The molecule has 1 heterocycles. The third kappa shape index (κ3) is 2.48. The molecule has 0 aromatic carbocycles. The Hall–Kier alpha value is -1.09. The summed E-state index contributed by atoms with van der Waals surface area (Å²) in [6, 6.07) is 0. The number of amides is 1. The van der Waals surface area contributed by atoms with E-state index in [9.17, 15) is 4.79 Å². The molecular weight excluding hydrogens is 190 g/mol. The number of hydrogen-bond acceptors (Lipinski definition) is 2. The van der Waals surface area contributed by atoms with Crippen LogP contribution in [0.5, 0.6) is 0 Å². The first-order valence-corrected chi connectivity index (χ1v) is 5.55. The average Bonchev–Trinajstić information content (AvgIpc) is 2.66. The Balaban J connectivity index is 1.93. The van der Waals surface area contributed by atoms with Gasteiger partial charge in [0.15, 0.2) is 0 Å². The maximum absolute atomic E-state index is 11.4. The highest BCUT2D eigenvalue weighted by molar-refractivity contribution is 5.78. The normalized spacial score (nSPS) is 21.7. The van der Waals surface area contributed by atoms with Crippen LogP contribution in [0.2, 0.25) is 0 Å². The van der Waals surface area contributed by atoms with Gasteiger partial charge in [-0.15, -0.1) is 0 Å². The van der Waals surface area contributed by atoms with Crippen LogP contribution in [0.3, 0.4) is 0 Å². The van der Waals surface area contributed by atoms with E-state index < -0.39 is 0 Å². The maximum atomic E-state index is 11.4. The number of aliphatic hydroxyl groups is 1. The van der Waals surface area contributed by atoms with E-state index in [2.05, 4.69) is 6.08 Å². The Labute approximate surface area is 90.1 Å². The minimum atomic E-state index is 0.159. The molecule has 0 bridgehead atoms. The van der Waals surface area contributed by atoms with E-state index in [1.54, 1.807) is 0 Å². The Morgan fingerprint density at radius 3 is 2.47 bits per heavy atom.